The van der Waals surface area contributed by atoms with Crippen LogP contribution in [0.15, 0.2) is 35.3 Å². The number of benzene rings is 1. The molecule has 0 N–H and O–H groups in total. The number of rotatable bonds is 2. The van der Waals surface area contributed by atoms with Crippen molar-refractivity contribution in [3.8, 4) is 0 Å². The van der Waals surface area contributed by atoms with Crippen LogP contribution in [0, 0.1) is 0 Å². The Hall–Kier alpha value is -1.00. The molecule has 94 valence electrons. The second kappa shape index (κ2) is 4.94. The van der Waals surface area contributed by atoms with Crippen molar-refractivity contribution in [2.45, 2.75) is 13.0 Å². The van der Waals surface area contributed by atoms with Crippen molar-refractivity contribution in [3.63, 3.8) is 0 Å². The minimum atomic E-state index is 0.255. The monoisotopic (exact) mass is 276 g/mol. The average molecular weight is 276 g/mol. The molecule has 18 heavy (non-hydrogen) atoms. The number of amidine groups is 1. The van der Waals surface area contributed by atoms with Gasteiger partial charge < -0.3 is 4.90 Å². The number of aliphatic imine (C=N–C) groups is 1. The molecular weight excluding hydrogens is 260 g/mol. The first-order valence-electron chi connectivity index (χ1n) is 6.14. The van der Waals surface area contributed by atoms with E-state index in [9.17, 15) is 0 Å². The Labute approximate surface area is 116 Å². The van der Waals surface area contributed by atoms with Crippen molar-refractivity contribution in [2.24, 2.45) is 4.99 Å². The van der Waals surface area contributed by atoms with Gasteiger partial charge in [0.1, 0.15) is 0 Å². The number of hydrogen-bond donors (Lipinski definition) is 0. The maximum atomic E-state index is 4.84. The van der Waals surface area contributed by atoms with E-state index >= 15 is 0 Å². The van der Waals surface area contributed by atoms with Gasteiger partial charge in [-0.05, 0) is 24.4 Å². The van der Waals surface area contributed by atoms with E-state index in [4.69, 9.17) is 4.99 Å². The Morgan fingerprint density at radius 1 is 1.33 bits per heavy atom. The lowest BCUT2D eigenvalue weighted by atomic mass is 10.2. The van der Waals surface area contributed by atoms with Crippen molar-refractivity contribution >= 4 is 38.4 Å². The lowest BCUT2D eigenvalue weighted by Gasteiger charge is -2.12. The van der Waals surface area contributed by atoms with E-state index in [0.717, 1.165) is 12.3 Å². The summed E-state index contributed by atoms with van der Waals surface area (Å²) in [7, 11) is 2.12. The van der Waals surface area contributed by atoms with Crippen molar-refractivity contribution in [2.75, 3.05) is 19.3 Å². The maximum absolute atomic E-state index is 4.84. The Bertz CT molecular complexity index is 555. The van der Waals surface area contributed by atoms with Gasteiger partial charge in [-0.2, -0.15) is 0 Å². The molecule has 2 nitrogen and oxygen atoms in total. The molecule has 1 saturated heterocycles. The largest absolute Gasteiger partial charge is 0.354 e. The van der Waals surface area contributed by atoms with Crippen molar-refractivity contribution in [3.05, 3.63) is 35.2 Å². The van der Waals surface area contributed by atoms with E-state index < -0.39 is 0 Å². The number of thioether (sulfide) groups is 1. The van der Waals surface area contributed by atoms with Crippen LogP contribution in [0.25, 0.3) is 10.1 Å². The molecule has 1 aliphatic rings. The molecule has 0 aliphatic carbocycles. The van der Waals surface area contributed by atoms with Gasteiger partial charge in [0.05, 0.1) is 6.04 Å². The summed E-state index contributed by atoms with van der Waals surface area (Å²) in [5.41, 5.74) is 0. The third kappa shape index (κ3) is 2.27. The first kappa shape index (κ1) is 12.1. The van der Waals surface area contributed by atoms with Gasteiger partial charge in [-0.3, -0.25) is 4.99 Å². The van der Waals surface area contributed by atoms with Gasteiger partial charge >= 0.3 is 0 Å². The lowest BCUT2D eigenvalue weighted by molar-refractivity contribution is 0.557. The van der Waals surface area contributed by atoms with Gasteiger partial charge in [-0.25, -0.2) is 0 Å². The number of fused-ring (bicyclic) bond motifs is 1. The van der Waals surface area contributed by atoms with Crippen LogP contribution in [0.5, 0.6) is 0 Å². The summed E-state index contributed by atoms with van der Waals surface area (Å²) < 4.78 is 1.35. The summed E-state index contributed by atoms with van der Waals surface area (Å²) in [6.07, 6.45) is 0. The number of thiophene rings is 1. The fourth-order valence-corrected chi connectivity index (χ4v) is 4.20. The van der Waals surface area contributed by atoms with Gasteiger partial charge in [-0.1, -0.05) is 30.0 Å². The fourth-order valence-electron chi connectivity index (χ4n) is 2.05. The van der Waals surface area contributed by atoms with E-state index in [1.54, 1.807) is 0 Å². The molecular formula is C14H16N2S2. The SMILES string of the molecule is C[C@@H](/N=C1/SCCN1C)c1cc2ccccc2s1. The van der Waals surface area contributed by atoms with Gasteiger partial charge in [-0.15, -0.1) is 11.3 Å². The highest BCUT2D eigenvalue weighted by Crippen LogP contribution is 2.32. The Morgan fingerprint density at radius 2 is 2.17 bits per heavy atom. The van der Waals surface area contributed by atoms with E-state index in [2.05, 4.69) is 49.2 Å². The Kier molecular flexibility index (Phi) is 3.31. The highest BCUT2D eigenvalue weighted by atomic mass is 32.2. The van der Waals surface area contributed by atoms with Crippen LogP contribution in [0.3, 0.4) is 0 Å². The van der Waals surface area contributed by atoms with Gasteiger partial charge in [0.2, 0.25) is 0 Å². The standard InChI is InChI=1S/C14H16N2S2/c1-10(15-14-16(2)7-8-17-14)13-9-11-5-3-4-6-12(11)18-13/h3-6,9-10H,7-8H2,1-2H3/b15-14+/t10-/m1/s1. The summed E-state index contributed by atoms with van der Waals surface area (Å²) in [5.74, 6) is 1.16. The normalized spacial score (nSPS) is 19.9. The molecule has 1 atom stereocenters. The average Bonchev–Trinajstić information content (AvgIpc) is 2.96. The number of nitrogens with zero attached hydrogens (tertiary/aromatic N) is 2. The predicted molar refractivity (Wildman–Crippen MR) is 82.8 cm³/mol. The Balaban J connectivity index is 1.89. The Morgan fingerprint density at radius 3 is 2.89 bits per heavy atom. The molecule has 1 aliphatic heterocycles. The predicted octanol–water partition coefficient (Wildman–Crippen LogP) is 4.00. The zero-order valence-electron chi connectivity index (χ0n) is 10.6. The second-order valence-corrected chi connectivity index (χ2v) is 6.72. The van der Waals surface area contributed by atoms with Gasteiger partial charge in [0.25, 0.3) is 0 Å². The van der Waals surface area contributed by atoms with Crippen LogP contribution >= 0.6 is 23.1 Å². The highest BCUT2D eigenvalue weighted by Gasteiger charge is 2.17. The van der Waals surface area contributed by atoms with Crippen LogP contribution < -0.4 is 0 Å². The van der Waals surface area contributed by atoms with Crippen LogP contribution in [0.4, 0.5) is 0 Å². The minimum absolute atomic E-state index is 0.255. The molecule has 2 heterocycles. The van der Waals surface area contributed by atoms with Gasteiger partial charge in [0, 0.05) is 28.9 Å². The fraction of sp³-hybridized carbons (Fsp3) is 0.357. The molecule has 1 aromatic carbocycles. The summed E-state index contributed by atoms with van der Waals surface area (Å²) in [6, 6.07) is 11.1. The molecule has 4 heteroatoms. The van der Waals surface area contributed by atoms with E-state index in [0.29, 0.717) is 0 Å². The third-order valence-corrected chi connectivity index (χ3v) is 5.49. The van der Waals surface area contributed by atoms with Crippen LogP contribution in [0.1, 0.15) is 17.8 Å². The second-order valence-electron chi connectivity index (χ2n) is 4.54. The summed E-state index contributed by atoms with van der Waals surface area (Å²) in [5, 5.41) is 2.51. The van der Waals surface area contributed by atoms with Gasteiger partial charge in [0.15, 0.2) is 5.17 Å². The lowest BCUT2D eigenvalue weighted by Crippen LogP contribution is -2.18. The first-order valence-corrected chi connectivity index (χ1v) is 7.94. The smallest absolute Gasteiger partial charge is 0.159 e. The topological polar surface area (TPSA) is 15.6 Å². The van der Waals surface area contributed by atoms with E-state index in [1.165, 1.54) is 20.1 Å². The molecule has 3 rings (SSSR count). The number of hydrogen-bond acceptors (Lipinski definition) is 3. The molecule has 1 aromatic heterocycles. The summed E-state index contributed by atoms with van der Waals surface area (Å²) >= 11 is 3.72. The summed E-state index contributed by atoms with van der Waals surface area (Å²) in [4.78, 5) is 8.43. The van der Waals surface area contributed by atoms with Crippen molar-refractivity contribution in [1.29, 1.82) is 0 Å². The zero-order valence-corrected chi connectivity index (χ0v) is 12.2. The molecule has 0 radical (unpaired) electrons. The molecule has 0 unspecified atom stereocenters. The third-order valence-electron chi connectivity index (χ3n) is 3.14. The van der Waals surface area contributed by atoms with Crippen LogP contribution in [-0.2, 0) is 0 Å². The summed E-state index contributed by atoms with van der Waals surface area (Å²) in [6.45, 7) is 3.30. The molecule has 2 aromatic rings. The zero-order chi connectivity index (χ0) is 12.5. The van der Waals surface area contributed by atoms with Crippen LogP contribution in [-0.4, -0.2) is 29.4 Å². The molecule has 0 saturated carbocycles. The van der Waals surface area contributed by atoms with Crippen molar-refractivity contribution < 1.29 is 0 Å². The molecule has 0 spiro atoms. The maximum Gasteiger partial charge on any atom is 0.159 e. The first-order chi connectivity index (χ1) is 8.74. The highest BCUT2D eigenvalue weighted by molar-refractivity contribution is 8.14. The quantitative estimate of drug-likeness (QED) is 0.824. The van der Waals surface area contributed by atoms with E-state index in [1.807, 2.05) is 23.1 Å². The van der Waals surface area contributed by atoms with Crippen LogP contribution in [0.2, 0.25) is 0 Å². The molecule has 1 fully saturated rings. The van der Waals surface area contributed by atoms with E-state index in [-0.39, 0.29) is 6.04 Å². The minimum Gasteiger partial charge on any atom is -0.354 e. The van der Waals surface area contributed by atoms with Crippen molar-refractivity contribution in [1.82, 2.24) is 4.90 Å². The molecule has 0 amide bonds. The molecule has 0 bridgehead atoms.